The third kappa shape index (κ3) is 3.68. The number of carbonyl (C=O) groups excluding carboxylic acids is 1. The van der Waals surface area contributed by atoms with Crippen molar-refractivity contribution in [1.82, 2.24) is 4.90 Å². The van der Waals surface area contributed by atoms with E-state index >= 15 is 0 Å². The molecule has 0 saturated heterocycles. The van der Waals surface area contributed by atoms with Gasteiger partial charge >= 0.3 is 0 Å². The highest BCUT2D eigenvalue weighted by Crippen LogP contribution is 2.08. The predicted molar refractivity (Wildman–Crippen MR) is 59.7 cm³/mol. The Morgan fingerprint density at radius 2 is 2.00 bits per heavy atom. The summed E-state index contributed by atoms with van der Waals surface area (Å²) in [5.41, 5.74) is 0.677. The van der Waals surface area contributed by atoms with E-state index in [1.165, 1.54) is 11.8 Å². The summed E-state index contributed by atoms with van der Waals surface area (Å²) in [6.07, 6.45) is 3.54. The second-order valence-electron chi connectivity index (χ2n) is 2.49. The summed E-state index contributed by atoms with van der Waals surface area (Å²) in [5, 5.41) is 1.83. The van der Waals surface area contributed by atoms with Crippen LogP contribution in [-0.4, -0.2) is 30.2 Å². The lowest BCUT2D eigenvalue weighted by Gasteiger charge is -2.18. The fourth-order valence-corrected chi connectivity index (χ4v) is 1.46. The molecule has 0 unspecified atom stereocenters. The maximum absolute atomic E-state index is 11.7. The molecular weight excluding hydrogens is 182 g/mol. The van der Waals surface area contributed by atoms with Gasteiger partial charge in [0.1, 0.15) is 0 Å². The van der Waals surface area contributed by atoms with Crippen LogP contribution in [0.3, 0.4) is 0 Å². The van der Waals surface area contributed by atoms with E-state index in [0.717, 1.165) is 13.1 Å². The highest BCUT2D eigenvalue weighted by molar-refractivity contribution is 8.01. The molecule has 0 rings (SSSR count). The second kappa shape index (κ2) is 6.78. The van der Waals surface area contributed by atoms with Crippen molar-refractivity contribution < 1.29 is 4.79 Å². The molecule has 0 spiro atoms. The Kier molecular flexibility index (Phi) is 6.41. The zero-order chi connectivity index (χ0) is 10.3. The van der Waals surface area contributed by atoms with Gasteiger partial charge in [0.2, 0.25) is 0 Å². The van der Waals surface area contributed by atoms with E-state index in [1.54, 1.807) is 11.0 Å². The minimum absolute atomic E-state index is 0.0642. The number of nitrogens with zero attached hydrogens (tertiary/aromatic N) is 1. The number of hydrogen-bond donors (Lipinski definition) is 0. The van der Waals surface area contributed by atoms with Gasteiger partial charge in [0.15, 0.2) is 0 Å². The molecule has 74 valence electrons. The Labute approximate surface area is 84.7 Å². The van der Waals surface area contributed by atoms with Crippen molar-refractivity contribution in [2.45, 2.75) is 13.8 Å². The van der Waals surface area contributed by atoms with Crippen LogP contribution in [0.4, 0.5) is 0 Å². The fourth-order valence-electron chi connectivity index (χ4n) is 1.01. The first-order valence-electron chi connectivity index (χ1n) is 4.35. The smallest absolute Gasteiger partial charge is 0.254 e. The van der Waals surface area contributed by atoms with Crippen molar-refractivity contribution >= 4 is 17.7 Å². The summed E-state index contributed by atoms with van der Waals surface area (Å²) in [5.74, 6) is 0.0642. The van der Waals surface area contributed by atoms with Crippen molar-refractivity contribution in [2.24, 2.45) is 0 Å². The van der Waals surface area contributed by atoms with Gasteiger partial charge in [-0.25, -0.2) is 0 Å². The molecule has 2 nitrogen and oxygen atoms in total. The third-order valence-electron chi connectivity index (χ3n) is 1.76. The van der Waals surface area contributed by atoms with Gasteiger partial charge in [-0.05, 0) is 25.5 Å². The first-order chi connectivity index (χ1) is 6.21. The van der Waals surface area contributed by atoms with Crippen LogP contribution in [0.15, 0.2) is 23.6 Å². The zero-order valence-corrected chi connectivity index (χ0v) is 9.36. The minimum atomic E-state index is 0.0642. The summed E-state index contributed by atoms with van der Waals surface area (Å²) in [4.78, 5) is 13.5. The average Bonchev–Trinajstić information content (AvgIpc) is 2.15. The molecule has 13 heavy (non-hydrogen) atoms. The van der Waals surface area contributed by atoms with Gasteiger partial charge < -0.3 is 4.90 Å². The van der Waals surface area contributed by atoms with Gasteiger partial charge in [-0.15, -0.1) is 11.8 Å². The predicted octanol–water partition coefficient (Wildman–Crippen LogP) is 2.29. The van der Waals surface area contributed by atoms with Crippen LogP contribution in [-0.2, 0) is 4.79 Å². The highest BCUT2D eigenvalue weighted by Gasteiger charge is 2.11. The van der Waals surface area contributed by atoms with Crippen molar-refractivity contribution in [3.8, 4) is 0 Å². The molecule has 0 aliphatic heterocycles. The Balaban J connectivity index is 4.53. The molecular formula is C10H17NOS. The maximum Gasteiger partial charge on any atom is 0.254 e. The normalized spacial score (nSPS) is 11.2. The quantitative estimate of drug-likeness (QED) is 0.500. The van der Waals surface area contributed by atoms with Crippen LogP contribution in [0.1, 0.15) is 13.8 Å². The average molecular weight is 199 g/mol. The molecule has 0 aliphatic carbocycles. The lowest BCUT2D eigenvalue weighted by molar-refractivity contribution is -0.126. The lowest BCUT2D eigenvalue weighted by atomic mass is 10.2. The molecule has 0 radical (unpaired) electrons. The van der Waals surface area contributed by atoms with Gasteiger partial charge in [0, 0.05) is 18.7 Å². The van der Waals surface area contributed by atoms with Gasteiger partial charge in [-0.1, -0.05) is 12.7 Å². The topological polar surface area (TPSA) is 20.3 Å². The van der Waals surface area contributed by atoms with Crippen molar-refractivity contribution in [3.63, 3.8) is 0 Å². The monoisotopic (exact) mass is 199 g/mol. The van der Waals surface area contributed by atoms with Crippen LogP contribution in [0, 0.1) is 0 Å². The highest BCUT2D eigenvalue weighted by atomic mass is 32.2. The van der Waals surface area contributed by atoms with E-state index in [-0.39, 0.29) is 5.91 Å². The number of thioether (sulfide) groups is 1. The zero-order valence-electron chi connectivity index (χ0n) is 8.54. The molecule has 0 bridgehead atoms. The molecule has 0 heterocycles. The first kappa shape index (κ1) is 12.3. The van der Waals surface area contributed by atoms with Crippen molar-refractivity contribution in [3.05, 3.63) is 23.6 Å². The molecule has 0 aromatic carbocycles. The molecule has 0 N–H and O–H groups in total. The van der Waals surface area contributed by atoms with Crippen LogP contribution in [0.2, 0.25) is 0 Å². The number of hydrogen-bond acceptors (Lipinski definition) is 2. The molecule has 3 heteroatoms. The summed E-state index contributed by atoms with van der Waals surface area (Å²) < 4.78 is 0. The molecule has 0 aromatic rings. The Morgan fingerprint density at radius 1 is 1.46 bits per heavy atom. The number of likely N-dealkylation sites (N-methyl/N-ethyl adjacent to an activating group) is 1. The summed E-state index contributed by atoms with van der Waals surface area (Å²) in [6, 6.07) is 0. The van der Waals surface area contributed by atoms with E-state index < -0.39 is 0 Å². The number of carbonyl (C=O) groups is 1. The van der Waals surface area contributed by atoms with Crippen LogP contribution >= 0.6 is 11.8 Å². The van der Waals surface area contributed by atoms with Gasteiger partial charge in [-0.3, -0.25) is 4.79 Å². The largest absolute Gasteiger partial charge is 0.339 e. The van der Waals surface area contributed by atoms with E-state index in [1.807, 2.05) is 25.5 Å². The summed E-state index contributed by atoms with van der Waals surface area (Å²) in [7, 11) is 0. The fraction of sp³-hybridized carbons (Fsp3) is 0.500. The number of rotatable bonds is 5. The summed E-state index contributed by atoms with van der Waals surface area (Å²) in [6.45, 7) is 9.06. The van der Waals surface area contributed by atoms with Crippen LogP contribution in [0.25, 0.3) is 0 Å². The molecule has 1 amide bonds. The molecule has 0 saturated carbocycles. The number of amides is 1. The summed E-state index contributed by atoms with van der Waals surface area (Å²) >= 11 is 1.52. The van der Waals surface area contributed by atoms with Gasteiger partial charge in [0.05, 0.1) is 0 Å². The van der Waals surface area contributed by atoms with E-state index in [0.29, 0.717) is 5.57 Å². The van der Waals surface area contributed by atoms with Crippen LogP contribution in [0.5, 0.6) is 0 Å². The lowest BCUT2D eigenvalue weighted by Crippen LogP contribution is -2.31. The standard InChI is InChI=1S/C10H17NOS/c1-5-9(8-13-4)10(12)11(6-2)7-3/h5,8H,1,6-7H2,2-4H3/b9-8+. The third-order valence-corrected chi connectivity index (χ3v) is 2.25. The second-order valence-corrected chi connectivity index (χ2v) is 3.20. The van der Waals surface area contributed by atoms with Gasteiger partial charge in [0.25, 0.3) is 5.91 Å². The Morgan fingerprint density at radius 3 is 2.31 bits per heavy atom. The maximum atomic E-state index is 11.7. The molecule has 0 fully saturated rings. The van der Waals surface area contributed by atoms with Crippen molar-refractivity contribution in [2.75, 3.05) is 19.3 Å². The van der Waals surface area contributed by atoms with Crippen LogP contribution < -0.4 is 0 Å². The Bertz CT molecular complexity index is 207. The van der Waals surface area contributed by atoms with E-state index in [4.69, 9.17) is 0 Å². The molecule has 0 aliphatic rings. The minimum Gasteiger partial charge on any atom is -0.339 e. The van der Waals surface area contributed by atoms with Crippen molar-refractivity contribution in [1.29, 1.82) is 0 Å². The van der Waals surface area contributed by atoms with E-state index in [2.05, 4.69) is 6.58 Å². The Hall–Kier alpha value is -0.700. The molecule has 0 aromatic heterocycles. The van der Waals surface area contributed by atoms with E-state index in [9.17, 15) is 4.79 Å². The molecule has 0 atom stereocenters. The first-order valence-corrected chi connectivity index (χ1v) is 5.64. The van der Waals surface area contributed by atoms with Gasteiger partial charge in [-0.2, -0.15) is 0 Å². The SMILES string of the molecule is C=C/C(=C\SC)C(=O)N(CC)CC.